The molecule has 5 heteroatoms. The average Bonchev–Trinajstić information content (AvgIpc) is 2.92. The van der Waals surface area contributed by atoms with Crippen LogP contribution >= 0.6 is 0 Å². The number of fused-ring (bicyclic) bond motifs is 1. The summed E-state index contributed by atoms with van der Waals surface area (Å²) in [5.74, 6) is -0.186. The Morgan fingerprint density at radius 3 is 2.62 bits per heavy atom. The van der Waals surface area contributed by atoms with Gasteiger partial charge < -0.3 is 15.9 Å². The van der Waals surface area contributed by atoms with E-state index >= 15 is 0 Å². The monoisotopic (exact) mass is 404 g/mol. The number of benzene rings is 2. The van der Waals surface area contributed by atoms with Crippen LogP contribution in [-0.4, -0.2) is 17.1 Å². The molecular weight excluding hydrogens is 382 g/mol. The Kier molecular flexibility index (Phi) is 8.78. The largest absolute Gasteiger partial charge is 0.516 e. The van der Waals surface area contributed by atoms with Crippen LogP contribution in [-0.2, 0) is 45.6 Å². The molecular formula is C19H22FNO2Y. The molecule has 2 aromatic carbocycles. The van der Waals surface area contributed by atoms with Crippen molar-refractivity contribution in [2.45, 2.75) is 25.3 Å². The standard InChI is InChI=1S/C19H20FNO.H2O.Y/c20-17-5-1-14(2-6-17)9-11-21-19-8-4-16-13-15(10-12-22)3-7-18(16)19;;/h1-3,5-7,10,12-13,19,21-22H,4,8-9,11H2;1H2;/b12-10+;;. The fourth-order valence-electron chi connectivity index (χ4n) is 3.08. The molecule has 24 heavy (non-hydrogen) atoms. The molecule has 3 rings (SSSR count). The third kappa shape index (κ3) is 5.22. The molecule has 3 nitrogen and oxygen atoms in total. The van der Waals surface area contributed by atoms with Crippen LogP contribution in [0.1, 0.15) is 34.7 Å². The van der Waals surface area contributed by atoms with Crippen molar-refractivity contribution in [2.75, 3.05) is 6.54 Å². The first kappa shape index (κ1) is 21.0. The summed E-state index contributed by atoms with van der Waals surface area (Å²) in [5, 5.41) is 12.4. The number of aliphatic hydroxyl groups excluding tert-OH is 1. The number of nitrogens with one attached hydrogen (secondary N) is 1. The van der Waals surface area contributed by atoms with Crippen LogP contribution in [0.15, 0.2) is 48.7 Å². The van der Waals surface area contributed by atoms with E-state index in [9.17, 15) is 4.39 Å². The van der Waals surface area contributed by atoms with Gasteiger partial charge in [-0.3, -0.25) is 0 Å². The van der Waals surface area contributed by atoms with E-state index < -0.39 is 0 Å². The minimum atomic E-state index is -0.186. The summed E-state index contributed by atoms with van der Waals surface area (Å²) in [6.45, 7) is 0.883. The zero-order valence-corrected chi connectivity index (χ0v) is 16.3. The van der Waals surface area contributed by atoms with E-state index in [2.05, 4.69) is 17.4 Å². The van der Waals surface area contributed by atoms with Gasteiger partial charge in [-0.15, -0.1) is 0 Å². The van der Waals surface area contributed by atoms with E-state index in [0.29, 0.717) is 6.04 Å². The van der Waals surface area contributed by atoms with Crippen LogP contribution in [0.25, 0.3) is 6.08 Å². The normalized spacial score (nSPS) is 15.6. The van der Waals surface area contributed by atoms with Crippen molar-refractivity contribution in [2.24, 2.45) is 0 Å². The molecule has 0 saturated carbocycles. The van der Waals surface area contributed by atoms with Crippen LogP contribution < -0.4 is 5.32 Å². The third-order valence-corrected chi connectivity index (χ3v) is 4.23. The van der Waals surface area contributed by atoms with Crippen molar-refractivity contribution in [1.82, 2.24) is 5.32 Å². The summed E-state index contributed by atoms with van der Waals surface area (Å²) in [6, 6.07) is 13.4. The molecule has 0 fully saturated rings. The van der Waals surface area contributed by atoms with Gasteiger partial charge in [-0.05, 0) is 66.3 Å². The zero-order valence-electron chi connectivity index (χ0n) is 13.5. The van der Waals surface area contributed by atoms with E-state index in [1.54, 1.807) is 6.08 Å². The molecule has 0 heterocycles. The molecule has 0 amide bonds. The minimum absolute atomic E-state index is 0. The second-order valence-electron chi connectivity index (χ2n) is 5.70. The minimum Gasteiger partial charge on any atom is -0.516 e. The number of aliphatic hydroxyl groups is 1. The Labute approximate surface area is 167 Å². The van der Waals surface area contributed by atoms with Crippen molar-refractivity contribution in [3.63, 3.8) is 0 Å². The summed E-state index contributed by atoms with van der Waals surface area (Å²) in [5.41, 5.74) is 4.90. The second-order valence-corrected chi connectivity index (χ2v) is 5.70. The Morgan fingerprint density at radius 2 is 1.92 bits per heavy atom. The third-order valence-electron chi connectivity index (χ3n) is 4.23. The molecule has 125 valence electrons. The topological polar surface area (TPSA) is 63.8 Å². The van der Waals surface area contributed by atoms with Crippen molar-refractivity contribution in [3.05, 3.63) is 76.8 Å². The maximum absolute atomic E-state index is 12.9. The van der Waals surface area contributed by atoms with E-state index in [4.69, 9.17) is 5.11 Å². The molecule has 1 radical (unpaired) electrons. The van der Waals surface area contributed by atoms with Gasteiger partial charge in [0.05, 0.1) is 6.26 Å². The Balaban J connectivity index is 0.00000144. The molecule has 0 saturated heterocycles. The first-order chi connectivity index (χ1) is 10.8. The van der Waals surface area contributed by atoms with Crippen LogP contribution in [0.5, 0.6) is 0 Å². The average molecular weight is 404 g/mol. The molecule has 0 spiro atoms. The van der Waals surface area contributed by atoms with Crippen LogP contribution in [0.2, 0.25) is 0 Å². The number of hydrogen-bond acceptors (Lipinski definition) is 2. The first-order valence-electron chi connectivity index (χ1n) is 7.67. The summed E-state index contributed by atoms with van der Waals surface area (Å²) in [4.78, 5) is 0. The van der Waals surface area contributed by atoms with Gasteiger partial charge in [0, 0.05) is 38.8 Å². The van der Waals surface area contributed by atoms with Gasteiger partial charge in [-0.1, -0.05) is 30.3 Å². The number of aryl methyl sites for hydroxylation is 1. The predicted octanol–water partition coefficient (Wildman–Crippen LogP) is 3.35. The number of rotatable bonds is 5. The SMILES string of the molecule is O.O/C=C/c1ccc2c(c1)CCC2NCCc1ccc(F)cc1.[Y]. The first-order valence-corrected chi connectivity index (χ1v) is 7.67. The smallest absolute Gasteiger partial charge is 0.123 e. The Morgan fingerprint density at radius 1 is 1.17 bits per heavy atom. The van der Waals surface area contributed by atoms with Crippen LogP contribution in [0.3, 0.4) is 0 Å². The summed E-state index contributed by atoms with van der Waals surface area (Å²) >= 11 is 0. The fraction of sp³-hybridized carbons (Fsp3) is 0.263. The molecule has 1 aliphatic carbocycles. The van der Waals surface area contributed by atoms with Crippen LogP contribution in [0, 0.1) is 5.82 Å². The van der Waals surface area contributed by atoms with E-state index in [1.807, 2.05) is 18.2 Å². The van der Waals surface area contributed by atoms with Gasteiger partial charge in [-0.2, -0.15) is 0 Å². The van der Waals surface area contributed by atoms with Gasteiger partial charge in [0.1, 0.15) is 5.82 Å². The van der Waals surface area contributed by atoms with Crippen LogP contribution in [0.4, 0.5) is 4.39 Å². The molecule has 1 atom stereocenters. The van der Waals surface area contributed by atoms with Gasteiger partial charge in [0.2, 0.25) is 0 Å². The molecule has 0 bridgehead atoms. The summed E-state index contributed by atoms with van der Waals surface area (Å²) in [6.07, 6.45) is 5.85. The summed E-state index contributed by atoms with van der Waals surface area (Å²) < 4.78 is 12.9. The van der Waals surface area contributed by atoms with Gasteiger partial charge in [0.25, 0.3) is 0 Å². The van der Waals surface area contributed by atoms with Crippen molar-refractivity contribution in [1.29, 1.82) is 0 Å². The van der Waals surface area contributed by atoms with Crippen molar-refractivity contribution >= 4 is 6.08 Å². The van der Waals surface area contributed by atoms with Crippen molar-refractivity contribution < 1.29 is 47.7 Å². The van der Waals surface area contributed by atoms with E-state index in [0.717, 1.165) is 43.2 Å². The zero-order chi connectivity index (χ0) is 15.4. The maximum atomic E-state index is 12.9. The Bertz CT molecular complexity index is 674. The number of halogens is 1. The van der Waals surface area contributed by atoms with Gasteiger partial charge in [-0.25, -0.2) is 4.39 Å². The number of hydrogen-bond donors (Lipinski definition) is 2. The maximum Gasteiger partial charge on any atom is 0.123 e. The van der Waals surface area contributed by atoms with Gasteiger partial charge >= 0.3 is 0 Å². The van der Waals surface area contributed by atoms with Crippen molar-refractivity contribution in [3.8, 4) is 0 Å². The quantitative estimate of drug-likeness (QED) is 0.751. The van der Waals surface area contributed by atoms with E-state index in [1.165, 1.54) is 23.3 Å². The molecule has 4 N–H and O–H groups in total. The Hall–Kier alpha value is -1.07. The molecule has 2 aromatic rings. The molecule has 1 unspecified atom stereocenters. The second kappa shape index (κ2) is 10.0. The predicted molar refractivity (Wildman–Crippen MR) is 90.9 cm³/mol. The molecule has 1 aliphatic rings. The van der Waals surface area contributed by atoms with Gasteiger partial charge in [0.15, 0.2) is 0 Å². The fourth-order valence-corrected chi connectivity index (χ4v) is 3.08. The molecule has 0 aromatic heterocycles. The molecule has 0 aliphatic heterocycles. The summed E-state index contributed by atoms with van der Waals surface area (Å²) in [7, 11) is 0. The van der Waals surface area contributed by atoms with E-state index in [-0.39, 0.29) is 44.0 Å².